The van der Waals surface area contributed by atoms with Crippen LogP contribution in [0.15, 0.2) is 15.2 Å². The smallest absolute Gasteiger partial charge is 0.139 e. The molecule has 2 N–H and O–H groups in total. The van der Waals surface area contributed by atoms with E-state index < -0.39 is 6.17 Å². The minimum atomic E-state index is -1.03. The van der Waals surface area contributed by atoms with E-state index in [1.54, 1.807) is 5.38 Å². The number of nitrogens with two attached hydrogens (primary N) is 1. The second-order valence-corrected chi connectivity index (χ2v) is 3.48. The largest absolute Gasteiger partial charge is 0.327 e. The third-order valence-electron chi connectivity index (χ3n) is 1.19. The summed E-state index contributed by atoms with van der Waals surface area (Å²) < 4.78 is 13.6. The molecule has 0 radical (unpaired) electrons. The molecule has 0 aromatic carbocycles. The zero-order valence-electron chi connectivity index (χ0n) is 5.18. The van der Waals surface area contributed by atoms with Crippen LogP contribution in [-0.2, 0) is 0 Å². The SMILES string of the molecule is NCC(F)c1cscc1Br. The van der Waals surface area contributed by atoms with E-state index in [4.69, 9.17) is 5.73 Å². The van der Waals surface area contributed by atoms with Gasteiger partial charge in [-0.1, -0.05) is 0 Å². The van der Waals surface area contributed by atoms with Crippen LogP contribution in [0.25, 0.3) is 0 Å². The van der Waals surface area contributed by atoms with Crippen molar-refractivity contribution in [3.8, 4) is 0 Å². The van der Waals surface area contributed by atoms with Gasteiger partial charge in [0.05, 0.1) is 0 Å². The van der Waals surface area contributed by atoms with E-state index in [1.807, 2.05) is 5.38 Å². The fourth-order valence-electron chi connectivity index (χ4n) is 0.642. The highest BCUT2D eigenvalue weighted by atomic mass is 79.9. The average Bonchev–Trinajstić information content (AvgIpc) is 2.34. The minimum absolute atomic E-state index is 0.0509. The number of alkyl halides is 1. The first-order valence-corrected chi connectivity index (χ1v) is 4.55. The van der Waals surface area contributed by atoms with Gasteiger partial charge in [0.2, 0.25) is 0 Å². The number of thiophene rings is 1. The summed E-state index contributed by atoms with van der Waals surface area (Å²) in [6.07, 6.45) is -1.03. The van der Waals surface area contributed by atoms with Gasteiger partial charge in [-0.3, -0.25) is 0 Å². The maximum Gasteiger partial charge on any atom is 0.139 e. The van der Waals surface area contributed by atoms with Crippen LogP contribution in [0.1, 0.15) is 11.7 Å². The van der Waals surface area contributed by atoms with Crippen LogP contribution in [0.3, 0.4) is 0 Å². The maximum atomic E-state index is 12.8. The third-order valence-corrected chi connectivity index (χ3v) is 2.94. The molecule has 1 nitrogen and oxygen atoms in total. The van der Waals surface area contributed by atoms with E-state index in [0.717, 1.165) is 4.47 Å². The number of halogens is 2. The van der Waals surface area contributed by atoms with Crippen molar-refractivity contribution >= 4 is 27.3 Å². The summed E-state index contributed by atoms with van der Waals surface area (Å²) in [6, 6.07) is 0. The van der Waals surface area contributed by atoms with Gasteiger partial charge in [0.15, 0.2) is 0 Å². The molecule has 1 heterocycles. The fourth-order valence-corrected chi connectivity index (χ4v) is 2.22. The molecule has 0 saturated heterocycles. The van der Waals surface area contributed by atoms with Crippen molar-refractivity contribution in [3.05, 3.63) is 20.8 Å². The second kappa shape index (κ2) is 3.46. The van der Waals surface area contributed by atoms with Gasteiger partial charge in [-0.2, -0.15) is 11.3 Å². The first kappa shape index (κ1) is 8.17. The van der Waals surface area contributed by atoms with Crippen molar-refractivity contribution in [2.24, 2.45) is 5.73 Å². The predicted molar refractivity (Wildman–Crippen MR) is 44.9 cm³/mol. The normalized spacial score (nSPS) is 13.5. The summed E-state index contributed by atoms with van der Waals surface area (Å²) in [5, 5.41) is 3.61. The van der Waals surface area contributed by atoms with E-state index in [9.17, 15) is 4.39 Å². The van der Waals surface area contributed by atoms with Crippen LogP contribution in [-0.4, -0.2) is 6.54 Å². The standard InChI is InChI=1S/C6H7BrFNS/c7-5-3-10-2-4(5)6(8)1-9/h2-3,6H,1,9H2. The van der Waals surface area contributed by atoms with E-state index >= 15 is 0 Å². The van der Waals surface area contributed by atoms with Crippen LogP contribution >= 0.6 is 27.3 Å². The van der Waals surface area contributed by atoms with Crippen molar-refractivity contribution in [2.75, 3.05) is 6.54 Å². The van der Waals surface area contributed by atoms with Gasteiger partial charge in [0.25, 0.3) is 0 Å². The van der Waals surface area contributed by atoms with Gasteiger partial charge in [-0.25, -0.2) is 4.39 Å². The molecule has 1 rings (SSSR count). The molecule has 0 bridgehead atoms. The Morgan fingerprint density at radius 3 is 2.80 bits per heavy atom. The lowest BCUT2D eigenvalue weighted by atomic mass is 10.2. The lowest BCUT2D eigenvalue weighted by Crippen LogP contribution is -2.06. The number of hydrogen-bond acceptors (Lipinski definition) is 2. The average molecular weight is 224 g/mol. The Morgan fingerprint density at radius 2 is 2.40 bits per heavy atom. The van der Waals surface area contributed by atoms with Crippen molar-refractivity contribution < 1.29 is 4.39 Å². The van der Waals surface area contributed by atoms with E-state index in [0.29, 0.717) is 5.56 Å². The Morgan fingerprint density at radius 1 is 1.70 bits per heavy atom. The summed E-state index contributed by atoms with van der Waals surface area (Å²) in [4.78, 5) is 0. The Bertz CT molecular complexity index is 213. The Kier molecular flexibility index (Phi) is 2.82. The first-order valence-electron chi connectivity index (χ1n) is 2.81. The van der Waals surface area contributed by atoms with E-state index in [1.165, 1.54) is 11.3 Å². The summed E-state index contributed by atoms with van der Waals surface area (Å²) in [7, 11) is 0. The van der Waals surface area contributed by atoms with Crippen molar-refractivity contribution in [1.82, 2.24) is 0 Å². The van der Waals surface area contributed by atoms with Gasteiger partial charge < -0.3 is 5.73 Å². The molecular formula is C6H7BrFNS. The van der Waals surface area contributed by atoms with Crippen LogP contribution in [0.2, 0.25) is 0 Å². The molecule has 10 heavy (non-hydrogen) atoms. The molecule has 0 saturated carbocycles. The fraction of sp³-hybridized carbons (Fsp3) is 0.333. The van der Waals surface area contributed by atoms with Crippen LogP contribution < -0.4 is 5.73 Å². The van der Waals surface area contributed by atoms with Gasteiger partial charge >= 0.3 is 0 Å². The van der Waals surface area contributed by atoms with E-state index in [-0.39, 0.29) is 6.54 Å². The zero-order valence-corrected chi connectivity index (χ0v) is 7.58. The lowest BCUT2D eigenvalue weighted by molar-refractivity contribution is 0.352. The van der Waals surface area contributed by atoms with Crippen LogP contribution in [0.5, 0.6) is 0 Å². The summed E-state index contributed by atoms with van der Waals surface area (Å²) in [5.74, 6) is 0. The van der Waals surface area contributed by atoms with Gasteiger partial charge in [0, 0.05) is 22.0 Å². The first-order chi connectivity index (χ1) is 4.75. The molecule has 1 unspecified atom stereocenters. The topological polar surface area (TPSA) is 26.0 Å². The Balaban J connectivity index is 2.82. The van der Waals surface area contributed by atoms with Crippen molar-refractivity contribution in [2.45, 2.75) is 6.17 Å². The van der Waals surface area contributed by atoms with Crippen molar-refractivity contribution in [3.63, 3.8) is 0 Å². The van der Waals surface area contributed by atoms with Crippen LogP contribution in [0.4, 0.5) is 4.39 Å². The highest BCUT2D eigenvalue weighted by Gasteiger charge is 2.10. The summed E-state index contributed by atoms with van der Waals surface area (Å²) >= 11 is 4.69. The molecule has 1 atom stereocenters. The molecule has 1 aromatic heterocycles. The molecule has 0 spiro atoms. The minimum Gasteiger partial charge on any atom is -0.327 e. The molecule has 4 heteroatoms. The highest BCUT2D eigenvalue weighted by molar-refractivity contribution is 9.10. The van der Waals surface area contributed by atoms with Gasteiger partial charge in [-0.05, 0) is 21.3 Å². The third kappa shape index (κ3) is 1.56. The molecule has 0 amide bonds. The summed E-state index contributed by atoms with van der Waals surface area (Å²) in [6.45, 7) is 0.0509. The van der Waals surface area contributed by atoms with Gasteiger partial charge in [-0.15, -0.1) is 0 Å². The molecular weight excluding hydrogens is 217 g/mol. The monoisotopic (exact) mass is 223 g/mol. The zero-order chi connectivity index (χ0) is 7.56. The number of hydrogen-bond donors (Lipinski definition) is 1. The summed E-state index contributed by atoms with van der Waals surface area (Å²) in [5.41, 5.74) is 5.80. The second-order valence-electron chi connectivity index (χ2n) is 1.88. The predicted octanol–water partition coefficient (Wildman–Crippen LogP) is 2.48. The molecule has 0 aliphatic carbocycles. The quantitative estimate of drug-likeness (QED) is 0.820. The number of rotatable bonds is 2. The molecule has 56 valence electrons. The highest BCUT2D eigenvalue weighted by Crippen LogP contribution is 2.28. The van der Waals surface area contributed by atoms with Crippen molar-refractivity contribution in [1.29, 1.82) is 0 Å². The molecule has 0 aliphatic heterocycles. The van der Waals surface area contributed by atoms with E-state index in [2.05, 4.69) is 15.9 Å². The lowest BCUT2D eigenvalue weighted by Gasteiger charge is -2.01. The Hall–Kier alpha value is 0.0700. The Labute approximate surface area is 71.2 Å². The molecule has 0 fully saturated rings. The maximum absolute atomic E-state index is 12.8. The van der Waals surface area contributed by atoms with Gasteiger partial charge in [0.1, 0.15) is 6.17 Å². The van der Waals surface area contributed by atoms with Crippen LogP contribution in [0, 0.1) is 0 Å². The molecule has 1 aromatic rings. The molecule has 0 aliphatic rings.